The topological polar surface area (TPSA) is 64.8 Å². The molecule has 0 aliphatic heterocycles. The zero-order valence-electron chi connectivity index (χ0n) is 17.4. The van der Waals surface area contributed by atoms with Gasteiger partial charge in [0.25, 0.3) is 0 Å². The van der Waals surface area contributed by atoms with Gasteiger partial charge >= 0.3 is 0 Å². The number of pyridine rings is 1. The molecule has 0 amide bonds. The fraction of sp³-hybridized carbons (Fsp3) is 0.160. The van der Waals surface area contributed by atoms with Gasteiger partial charge in [-0.25, -0.2) is 0 Å². The first kappa shape index (κ1) is 19.8. The first-order valence-electron chi connectivity index (χ1n) is 10.5. The van der Waals surface area contributed by atoms with Gasteiger partial charge in [-0.3, -0.25) is 4.98 Å². The van der Waals surface area contributed by atoms with E-state index in [1.807, 2.05) is 25.5 Å². The summed E-state index contributed by atoms with van der Waals surface area (Å²) in [7, 11) is 1.97. The molecule has 0 atom stereocenters. The Labute approximate surface area is 185 Å². The summed E-state index contributed by atoms with van der Waals surface area (Å²) < 4.78 is 1.17. The highest BCUT2D eigenvalue weighted by molar-refractivity contribution is 7.22. The van der Waals surface area contributed by atoms with Gasteiger partial charge in [-0.05, 0) is 54.6 Å². The van der Waals surface area contributed by atoms with Crippen LogP contribution in [0.15, 0.2) is 73.1 Å². The van der Waals surface area contributed by atoms with Crippen molar-refractivity contribution in [3.8, 4) is 10.4 Å². The van der Waals surface area contributed by atoms with Gasteiger partial charge in [0.2, 0.25) is 0 Å². The minimum atomic E-state index is 0.884. The van der Waals surface area contributed by atoms with E-state index in [-0.39, 0.29) is 0 Å². The first-order chi connectivity index (χ1) is 15.3. The smallest absolute Gasteiger partial charge is 0.0837 e. The Kier molecular flexibility index (Phi) is 5.67. The monoisotopic (exact) mass is 427 g/mol. The fourth-order valence-corrected chi connectivity index (χ4v) is 4.79. The molecule has 0 bridgehead atoms. The molecule has 0 radical (unpaired) electrons. The van der Waals surface area contributed by atoms with Crippen molar-refractivity contribution in [3.05, 3.63) is 78.6 Å². The van der Waals surface area contributed by atoms with Crippen molar-refractivity contribution in [1.82, 2.24) is 20.6 Å². The lowest BCUT2D eigenvalue weighted by molar-refractivity contribution is 0.651. The highest BCUT2D eigenvalue weighted by Gasteiger charge is 2.10. The number of benzene rings is 2. The summed E-state index contributed by atoms with van der Waals surface area (Å²) in [6.45, 7) is 2.82. The summed E-state index contributed by atoms with van der Waals surface area (Å²) in [5.74, 6) is 0. The van der Waals surface area contributed by atoms with Crippen molar-refractivity contribution in [2.24, 2.45) is 0 Å². The number of hydrogen-bond acceptors (Lipinski definition) is 5. The zero-order valence-corrected chi connectivity index (χ0v) is 18.2. The maximum atomic E-state index is 4.60. The number of aromatic nitrogens is 2. The molecular formula is C25H25N5S. The van der Waals surface area contributed by atoms with E-state index >= 15 is 0 Å². The lowest BCUT2D eigenvalue weighted by Crippen LogP contribution is -2.24. The molecule has 156 valence electrons. The second-order valence-corrected chi connectivity index (χ2v) is 8.62. The Balaban J connectivity index is 1.37. The predicted molar refractivity (Wildman–Crippen MR) is 132 cm³/mol. The second kappa shape index (κ2) is 8.89. The third-order valence-corrected chi connectivity index (χ3v) is 6.57. The number of anilines is 2. The number of thiophene rings is 1. The molecule has 0 spiro atoms. The molecule has 0 saturated carbocycles. The molecule has 6 heteroatoms. The van der Waals surface area contributed by atoms with E-state index in [4.69, 9.17) is 0 Å². The van der Waals surface area contributed by atoms with Crippen LogP contribution < -0.4 is 16.0 Å². The molecule has 0 unspecified atom stereocenters. The summed E-state index contributed by atoms with van der Waals surface area (Å²) in [6.07, 6.45) is 3.84. The van der Waals surface area contributed by atoms with Crippen LogP contribution in [0.2, 0.25) is 0 Å². The summed E-state index contributed by atoms with van der Waals surface area (Å²) in [4.78, 5) is 9.07. The lowest BCUT2D eigenvalue weighted by Gasteiger charge is -2.07. The number of H-pyrrole nitrogens is 1. The van der Waals surface area contributed by atoms with Gasteiger partial charge < -0.3 is 20.9 Å². The summed E-state index contributed by atoms with van der Waals surface area (Å²) in [5.41, 5.74) is 6.84. The van der Waals surface area contributed by atoms with Crippen LogP contribution in [0.4, 0.5) is 11.4 Å². The Bertz CT molecular complexity index is 1300. The Hall–Kier alpha value is -3.19. The Morgan fingerprint density at radius 3 is 2.74 bits per heavy atom. The van der Waals surface area contributed by atoms with Crippen LogP contribution in [-0.4, -0.2) is 30.1 Å². The van der Waals surface area contributed by atoms with Crippen LogP contribution in [0.1, 0.15) is 5.56 Å². The van der Waals surface area contributed by atoms with Gasteiger partial charge in [-0.1, -0.05) is 24.3 Å². The first-order valence-corrected chi connectivity index (χ1v) is 11.3. The number of aromatic amines is 1. The van der Waals surface area contributed by atoms with Crippen molar-refractivity contribution < 1.29 is 0 Å². The maximum Gasteiger partial charge on any atom is 0.0837 e. The van der Waals surface area contributed by atoms with Crippen LogP contribution in [-0.2, 0) is 6.54 Å². The van der Waals surface area contributed by atoms with Crippen molar-refractivity contribution >= 4 is 43.8 Å². The minimum Gasteiger partial charge on any atom is -0.361 e. The van der Waals surface area contributed by atoms with Crippen LogP contribution in [0.3, 0.4) is 0 Å². The summed E-state index contributed by atoms with van der Waals surface area (Å²) >= 11 is 1.78. The van der Waals surface area contributed by atoms with Crippen molar-refractivity contribution in [3.63, 3.8) is 0 Å². The number of hydrogen-bond donors (Lipinski definition) is 4. The molecule has 31 heavy (non-hydrogen) atoms. The summed E-state index contributed by atoms with van der Waals surface area (Å²) in [5, 5.41) is 11.4. The van der Waals surface area contributed by atoms with E-state index in [1.165, 1.54) is 26.1 Å². The quantitative estimate of drug-likeness (QED) is 0.247. The van der Waals surface area contributed by atoms with Crippen molar-refractivity contribution in [1.29, 1.82) is 0 Å². The fourth-order valence-electron chi connectivity index (χ4n) is 3.70. The van der Waals surface area contributed by atoms with E-state index in [0.29, 0.717) is 0 Å². The van der Waals surface area contributed by atoms with E-state index < -0.39 is 0 Å². The third-order valence-electron chi connectivity index (χ3n) is 5.36. The van der Waals surface area contributed by atoms with Crippen molar-refractivity contribution in [2.75, 3.05) is 25.5 Å². The predicted octanol–water partition coefficient (Wildman–Crippen LogP) is 5.50. The maximum absolute atomic E-state index is 4.60. The minimum absolute atomic E-state index is 0.884. The molecule has 5 nitrogen and oxygen atoms in total. The molecule has 3 aromatic heterocycles. The average molecular weight is 428 g/mol. The van der Waals surface area contributed by atoms with Gasteiger partial charge in [0.05, 0.1) is 15.9 Å². The molecule has 0 aliphatic carbocycles. The van der Waals surface area contributed by atoms with Gasteiger partial charge in [-0.2, -0.15) is 0 Å². The molecule has 5 rings (SSSR count). The van der Waals surface area contributed by atoms with Crippen LogP contribution in [0.5, 0.6) is 0 Å². The molecule has 5 aromatic rings. The van der Waals surface area contributed by atoms with E-state index in [0.717, 1.165) is 42.0 Å². The van der Waals surface area contributed by atoms with E-state index in [2.05, 4.69) is 80.5 Å². The van der Waals surface area contributed by atoms with Crippen LogP contribution in [0.25, 0.3) is 31.6 Å². The number of fused-ring (bicyclic) bond motifs is 2. The highest BCUT2D eigenvalue weighted by Crippen LogP contribution is 2.37. The average Bonchev–Trinajstić information content (AvgIpc) is 3.44. The van der Waals surface area contributed by atoms with Gasteiger partial charge in [0.1, 0.15) is 0 Å². The molecule has 3 heterocycles. The van der Waals surface area contributed by atoms with Gasteiger partial charge in [0.15, 0.2) is 0 Å². The Morgan fingerprint density at radius 2 is 1.87 bits per heavy atom. The Morgan fingerprint density at radius 1 is 0.968 bits per heavy atom. The normalized spacial score (nSPS) is 11.4. The van der Waals surface area contributed by atoms with Crippen LogP contribution >= 0.6 is 11.3 Å². The molecule has 0 saturated heterocycles. The second-order valence-electron chi connectivity index (χ2n) is 7.57. The van der Waals surface area contributed by atoms with Gasteiger partial charge in [0, 0.05) is 53.5 Å². The number of likely N-dealkylation sites (N-methyl/N-ethyl adjacent to an activating group) is 1. The van der Waals surface area contributed by atoms with Crippen molar-refractivity contribution in [2.45, 2.75) is 6.54 Å². The molecule has 2 aromatic carbocycles. The molecule has 4 N–H and O–H groups in total. The molecule has 0 fully saturated rings. The van der Waals surface area contributed by atoms with E-state index in [9.17, 15) is 0 Å². The molecular weight excluding hydrogens is 402 g/mol. The van der Waals surface area contributed by atoms with E-state index in [1.54, 1.807) is 11.3 Å². The number of nitrogens with zero attached hydrogens (tertiary/aromatic N) is 1. The van der Waals surface area contributed by atoms with Gasteiger partial charge in [-0.15, -0.1) is 11.3 Å². The summed E-state index contributed by atoms with van der Waals surface area (Å²) in [6, 6.07) is 21.5. The van der Waals surface area contributed by atoms with Crippen LogP contribution in [0, 0.1) is 0 Å². The standard InChI is InChI=1S/C25H25N5S/c1-26-12-13-27-16-17-2-4-18(5-3-17)24-15-23-25(31-24)22(9-11-29-23)30-20-6-7-21-19(14-20)8-10-28-21/h2-11,14-15,26-28H,12-13,16H2,1H3,(H,29,30). The highest BCUT2D eigenvalue weighted by atomic mass is 32.1. The SMILES string of the molecule is CNCCNCc1ccc(-c2cc3nccc(Nc4ccc5[nH]ccc5c4)c3s2)cc1. The lowest BCUT2D eigenvalue weighted by atomic mass is 10.1. The largest absolute Gasteiger partial charge is 0.361 e. The third kappa shape index (κ3) is 4.32. The number of nitrogens with one attached hydrogen (secondary N) is 4. The number of rotatable bonds is 8. The zero-order chi connectivity index (χ0) is 21.0. The molecule has 0 aliphatic rings.